The highest BCUT2D eigenvalue weighted by atomic mass is 16.5. The summed E-state index contributed by atoms with van der Waals surface area (Å²) < 4.78 is 7.09. The first-order valence-electron chi connectivity index (χ1n) is 8.60. The van der Waals surface area contributed by atoms with Crippen molar-refractivity contribution in [1.29, 1.82) is 0 Å². The molecule has 27 heavy (non-hydrogen) atoms. The molecule has 8 heteroatoms. The molecule has 4 aromatic rings. The zero-order valence-electron chi connectivity index (χ0n) is 15.1. The summed E-state index contributed by atoms with van der Waals surface area (Å²) in [7, 11) is 1.89. The van der Waals surface area contributed by atoms with Crippen molar-refractivity contribution in [3.05, 3.63) is 71.8 Å². The molecule has 0 radical (unpaired) electrons. The lowest BCUT2D eigenvalue weighted by Crippen LogP contribution is -2.05. The summed E-state index contributed by atoms with van der Waals surface area (Å²) in [6.45, 7) is 2.34. The molecule has 8 nitrogen and oxygen atoms in total. The molecule has 0 saturated carbocycles. The largest absolute Gasteiger partial charge is 0.347 e. The summed E-state index contributed by atoms with van der Waals surface area (Å²) in [4.78, 5) is 13.2. The normalized spacial score (nSPS) is 10.9. The average Bonchev–Trinajstić information content (AvgIpc) is 3.26. The van der Waals surface area contributed by atoms with Crippen molar-refractivity contribution in [2.45, 2.75) is 19.9 Å². The Morgan fingerprint density at radius 3 is 2.74 bits per heavy atom. The van der Waals surface area contributed by atoms with Crippen LogP contribution >= 0.6 is 0 Å². The van der Waals surface area contributed by atoms with Gasteiger partial charge in [0.05, 0.1) is 24.4 Å². The molecule has 0 bridgehead atoms. The number of nitrogens with zero attached hydrogens (tertiary/aromatic N) is 6. The van der Waals surface area contributed by atoms with Crippen LogP contribution in [0.1, 0.15) is 23.0 Å². The van der Waals surface area contributed by atoms with E-state index in [0.717, 1.165) is 22.5 Å². The Kier molecular flexibility index (Phi) is 4.61. The van der Waals surface area contributed by atoms with Gasteiger partial charge in [-0.25, -0.2) is 9.97 Å². The van der Waals surface area contributed by atoms with E-state index in [1.165, 1.54) is 0 Å². The summed E-state index contributed by atoms with van der Waals surface area (Å²) in [6, 6.07) is 11.9. The highest BCUT2D eigenvalue weighted by molar-refractivity contribution is 5.61. The van der Waals surface area contributed by atoms with Gasteiger partial charge in [-0.05, 0) is 18.6 Å². The Morgan fingerprint density at radius 2 is 1.96 bits per heavy atom. The Bertz CT molecular complexity index is 1040. The van der Waals surface area contributed by atoms with E-state index in [4.69, 9.17) is 4.52 Å². The van der Waals surface area contributed by atoms with E-state index in [9.17, 15) is 0 Å². The number of benzene rings is 1. The van der Waals surface area contributed by atoms with Gasteiger partial charge in [0.1, 0.15) is 0 Å². The number of hydrogen-bond acceptors (Lipinski definition) is 7. The van der Waals surface area contributed by atoms with Crippen LogP contribution in [0.2, 0.25) is 0 Å². The van der Waals surface area contributed by atoms with Gasteiger partial charge in [0, 0.05) is 25.0 Å². The SMILES string of the molecule is Cc1nn(C)cc1-c1ccnc(NCc2noc(Cc3ccccc3)n2)n1. The number of aromatic nitrogens is 6. The minimum atomic E-state index is 0.383. The van der Waals surface area contributed by atoms with Gasteiger partial charge in [-0.15, -0.1) is 0 Å². The van der Waals surface area contributed by atoms with E-state index < -0.39 is 0 Å². The van der Waals surface area contributed by atoms with Crippen molar-refractivity contribution in [2.75, 3.05) is 5.32 Å². The third-order valence-electron chi connectivity index (χ3n) is 4.06. The van der Waals surface area contributed by atoms with Crippen LogP contribution in [0.25, 0.3) is 11.3 Å². The van der Waals surface area contributed by atoms with Crippen LogP contribution in [0.5, 0.6) is 0 Å². The molecule has 1 N–H and O–H groups in total. The van der Waals surface area contributed by atoms with Gasteiger partial charge in [-0.2, -0.15) is 10.1 Å². The lowest BCUT2D eigenvalue weighted by Gasteiger charge is -2.03. The van der Waals surface area contributed by atoms with Crippen LogP contribution < -0.4 is 5.32 Å². The minimum Gasteiger partial charge on any atom is -0.347 e. The third-order valence-corrected chi connectivity index (χ3v) is 4.06. The maximum Gasteiger partial charge on any atom is 0.231 e. The predicted octanol–water partition coefficient (Wildman–Crippen LogP) is 2.77. The first kappa shape index (κ1) is 16.9. The van der Waals surface area contributed by atoms with Crippen molar-refractivity contribution in [1.82, 2.24) is 29.9 Å². The Hall–Kier alpha value is -3.55. The molecule has 0 saturated heterocycles. The Labute approximate surface area is 156 Å². The van der Waals surface area contributed by atoms with Crippen molar-refractivity contribution in [3.63, 3.8) is 0 Å². The first-order chi connectivity index (χ1) is 13.2. The molecule has 0 unspecified atom stereocenters. The molecule has 0 atom stereocenters. The van der Waals surface area contributed by atoms with E-state index >= 15 is 0 Å². The van der Waals surface area contributed by atoms with Gasteiger partial charge in [-0.3, -0.25) is 4.68 Å². The molecule has 0 aliphatic carbocycles. The molecular formula is C19H19N7O. The molecule has 0 aliphatic heterocycles. The smallest absolute Gasteiger partial charge is 0.231 e. The molecular weight excluding hydrogens is 342 g/mol. The van der Waals surface area contributed by atoms with Crippen molar-refractivity contribution >= 4 is 5.95 Å². The van der Waals surface area contributed by atoms with Crippen molar-refractivity contribution in [3.8, 4) is 11.3 Å². The molecule has 0 spiro atoms. The van der Waals surface area contributed by atoms with E-state index in [-0.39, 0.29) is 0 Å². The third kappa shape index (κ3) is 4.00. The number of hydrogen-bond donors (Lipinski definition) is 1. The van der Waals surface area contributed by atoms with Crippen LogP contribution in [-0.2, 0) is 20.0 Å². The topological polar surface area (TPSA) is 94.6 Å². The fourth-order valence-electron chi connectivity index (χ4n) is 2.81. The molecule has 0 aliphatic rings. The quantitative estimate of drug-likeness (QED) is 0.564. The summed E-state index contributed by atoms with van der Waals surface area (Å²) >= 11 is 0. The zero-order chi connectivity index (χ0) is 18.6. The van der Waals surface area contributed by atoms with Crippen LogP contribution in [0.4, 0.5) is 5.95 Å². The molecule has 0 amide bonds. The summed E-state index contributed by atoms with van der Waals surface area (Å²) in [5.74, 6) is 1.65. The molecule has 0 fully saturated rings. The highest BCUT2D eigenvalue weighted by Gasteiger charge is 2.10. The van der Waals surface area contributed by atoms with Gasteiger partial charge in [0.25, 0.3) is 0 Å². The van der Waals surface area contributed by atoms with Gasteiger partial charge in [-0.1, -0.05) is 35.5 Å². The fraction of sp³-hybridized carbons (Fsp3) is 0.211. The number of nitrogens with one attached hydrogen (secondary N) is 1. The van der Waals surface area contributed by atoms with Crippen LogP contribution in [-0.4, -0.2) is 29.9 Å². The molecule has 136 valence electrons. The van der Waals surface area contributed by atoms with E-state index in [2.05, 4.69) is 30.5 Å². The summed E-state index contributed by atoms with van der Waals surface area (Å²) in [6.07, 6.45) is 4.27. The summed E-state index contributed by atoms with van der Waals surface area (Å²) in [5.41, 5.74) is 3.85. The van der Waals surface area contributed by atoms with Crippen LogP contribution in [0, 0.1) is 6.92 Å². The lowest BCUT2D eigenvalue weighted by atomic mass is 10.1. The standard InChI is InChI=1S/C19H19N7O/c1-13-15(12-26(2)24-13)16-8-9-20-19(22-16)21-11-17-23-18(27-25-17)10-14-6-4-3-5-7-14/h3-9,12H,10-11H2,1-2H3,(H,20,21,22). The lowest BCUT2D eigenvalue weighted by molar-refractivity contribution is 0.380. The van der Waals surface area contributed by atoms with Gasteiger partial charge < -0.3 is 9.84 Å². The minimum absolute atomic E-state index is 0.383. The van der Waals surface area contributed by atoms with Crippen LogP contribution in [0.3, 0.4) is 0 Å². The van der Waals surface area contributed by atoms with E-state index in [1.807, 2.05) is 56.6 Å². The average molecular weight is 361 g/mol. The second-order valence-corrected chi connectivity index (χ2v) is 6.19. The molecule has 3 aromatic heterocycles. The zero-order valence-corrected chi connectivity index (χ0v) is 15.1. The maximum atomic E-state index is 5.32. The fourth-order valence-corrected chi connectivity index (χ4v) is 2.81. The van der Waals surface area contributed by atoms with Crippen molar-refractivity contribution < 1.29 is 4.52 Å². The predicted molar refractivity (Wildman–Crippen MR) is 99.8 cm³/mol. The first-order valence-corrected chi connectivity index (χ1v) is 8.60. The molecule has 4 rings (SSSR count). The molecule has 1 aromatic carbocycles. The Balaban J connectivity index is 1.42. The number of anilines is 1. The number of aryl methyl sites for hydroxylation is 2. The number of rotatable bonds is 6. The van der Waals surface area contributed by atoms with E-state index in [1.54, 1.807) is 10.9 Å². The maximum absolute atomic E-state index is 5.32. The van der Waals surface area contributed by atoms with Gasteiger partial charge in [0.2, 0.25) is 11.8 Å². The van der Waals surface area contributed by atoms with Gasteiger partial charge in [0.15, 0.2) is 5.82 Å². The monoisotopic (exact) mass is 361 g/mol. The van der Waals surface area contributed by atoms with Gasteiger partial charge >= 0.3 is 0 Å². The van der Waals surface area contributed by atoms with Crippen LogP contribution in [0.15, 0.2) is 53.3 Å². The summed E-state index contributed by atoms with van der Waals surface area (Å²) in [5, 5.41) is 11.5. The van der Waals surface area contributed by atoms with Crippen molar-refractivity contribution in [2.24, 2.45) is 7.05 Å². The van der Waals surface area contributed by atoms with E-state index in [0.29, 0.717) is 30.6 Å². The highest BCUT2D eigenvalue weighted by Crippen LogP contribution is 2.20. The second-order valence-electron chi connectivity index (χ2n) is 6.19. The Morgan fingerprint density at radius 1 is 1.11 bits per heavy atom. The second kappa shape index (κ2) is 7.36. The molecule has 3 heterocycles.